The summed E-state index contributed by atoms with van der Waals surface area (Å²) in [6.07, 6.45) is 3.57. The minimum atomic E-state index is -1.55. The van der Waals surface area contributed by atoms with E-state index in [1.165, 1.54) is 7.11 Å². The molecule has 4 rings (SSSR count). The van der Waals surface area contributed by atoms with E-state index in [0.29, 0.717) is 13.0 Å². The van der Waals surface area contributed by atoms with E-state index in [1.807, 2.05) is 25.7 Å². The van der Waals surface area contributed by atoms with E-state index < -0.39 is 28.3 Å². The van der Waals surface area contributed by atoms with E-state index in [-0.39, 0.29) is 43.3 Å². The van der Waals surface area contributed by atoms with Crippen molar-refractivity contribution in [2.45, 2.75) is 89.1 Å². The van der Waals surface area contributed by atoms with Crippen LogP contribution in [0.3, 0.4) is 0 Å². The zero-order chi connectivity index (χ0) is 25.6. The van der Waals surface area contributed by atoms with Crippen molar-refractivity contribution in [3.8, 4) is 0 Å². The molecule has 4 unspecified atom stereocenters. The molecule has 4 atom stereocenters. The normalized spacial score (nSPS) is 35.1. The number of piperidine rings is 1. The Kier molecular flexibility index (Phi) is 7.02. The number of hydrogen-bond donors (Lipinski definition) is 1. The zero-order valence-corrected chi connectivity index (χ0v) is 21.5. The van der Waals surface area contributed by atoms with Crippen LogP contribution in [0.25, 0.3) is 0 Å². The Labute approximate surface area is 207 Å². The lowest BCUT2D eigenvalue weighted by Gasteiger charge is -2.51. The van der Waals surface area contributed by atoms with Crippen LogP contribution in [0.5, 0.6) is 0 Å². The molecule has 0 spiro atoms. The van der Waals surface area contributed by atoms with E-state index in [4.69, 9.17) is 15.2 Å². The van der Waals surface area contributed by atoms with Gasteiger partial charge in [0.05, 0.1) is 19.7 Å². The second-order valence-corrected chi connectivity index (χ2v) is 11.5. The van der Waals surface area contributed by atoms with Crippen LogP contribution in [0.15, 0.2) is 0 Å². The molecule has 35 heavy (non-hydrogen) atoms. The van der Waals surface area contributed by atoms with Gasteiger partial charge in [0, 0.05) is 38.8 Å². The van der Waals surface area contributed by atoms with Gasteiger partial charge in [-0.2, -0.15) is 0 Å². The molecule has 10 heteroatoms. The third-order valence-electron chi connectivity index (χ3n) is 8.39. The summed E-state index contributed by atoms with van der Waals surface area (Å²) in [5, 5.41) is 0. The number of hydrogen-bond acceptors (Lipinski definition) is 9. The summed E-state index contributed by atoms with van der Waals surface area (Å²) in [5.41, 5.74) is 3.00. The molecular weight excluding hydrogens is 452 g/mol. The molecule has 0 aromatic carbocycles. The fraction of sp³-hybridized carbons (Fsp3) is 0.840. The highest BCUT2D eigenvalue weighted by Crippen LogP contribution is 2.51. The molecule has 0 bridgehead atoms. The van der Waals surface area contributed by atoms with Crippen molar-refractivity contribution >= 4 is 23.6 Å². The standard InChI is InChI=1S/C25H40N4O6/c1-23(2,3)35-22(33)29-10-6-5-7-20(29)28-13-11-27(12-14-28)17-8-9-24(21(32)34-4)18(30)15-19(31)25(24,26)16-17/h17,20H,5-16,26H2,1-4H3. The number of carbonyl (C=O) groups excluding carboxylic acids is 4. The molecule has 2 N–H and O–H groups in total. The number of rotatable bonds is 3. The number of methoxy groups -OCH3 is 1. The quantitative estimate of drug-likeness (QED) is 0.459. The van der Waals surface area contributed by atoms with E-state index in [9.17, 15) is 19.2 Å². The van der Waals surface area contributed by atoms with Gasteiger partial charge in [0.25, 0.3) is 0 Å². The fourth-order valence-corrected chi connectivity index (χ4v) is 6.56. The van der Waals surface area contributed by atoms with Crippen molar-refractivity contribution < 1.29 is 28.7 Å². The third kappa shape index (κ3) is 4.49. The highest BCUT2D eigenvalue weighted by molar-refractivity contribution is 6.23. The number of ketones is 2. The first kappa shape index (κ1) is 26.0. The second kappa shape index (κ2) is 9.44. The van der Waals surface area contributed by atoms with Crippen molar-refractivity contribution in [2.24, 2.45) is 11.1 Å². The number of nitrogens with two attached hydrogens (primary N) is 1. The lowest BCUT2D eigenvalue weighted by Crippen LogP contribution is -2.68. The van der Waals surface area contributed by atoms with E-state index in [2.05, 4.69) is 9.80 Å². The third-order valence-corrected chi connectivity index (χ3v) is 8.39. The van der Waals surface area contributed by atoms with Gasteiger partial charge in [-0.3, -0.25) is 29.1 Å². The van der Waals surface area contributed by atoms with Gasteiger partial charge in [-0.15, -0.1) is 0 Å². The number of nitrogens with zero attached hydrogens (tertiary/aromatic N) is 3. The zero-order valence-electron chi connectivity index (χ0n) is 21.5. The molecule has 10 nitrogen and oxygen atoms in total. The molecule has 196 valence electrons. The Bertz CT molecular complexity index is 880. The summed E-state index contributed by atoms with van der Waals surface area (Å²) in [5.74, 6) is -1.44. The highest BCUT2D eigenvalue weighted by Gasteiger charge is 2.70. The van der Waals surface area contributed by atoms with Gasteiger partial charge in [0.1, 0.15) is 11.1 Å². The number of Topliss-reactive ketones (excluding diaryl/α,β-unsaturated/α-hetero) is 2. The smallest absolute Gasteiger partial charge is 0.411 e. The molecule has 4 aliphatic rings. The van der Waals surface area contributed by atoms with Gasteiger partial charge >= 0.3 is 12.1 Å². The number of likely N-dealkylation sites (tertiary alicyclic amines) is 1. The molecule has 2 aliphatic heterocycles. The summed E-state index contributed by atoms with van der Waals surface area (Å²) in [6.45, 7) is 9.46. The van der Waals surface area contributed by atoms with Crippen molar-refractivity contribution in [1.29, 1.82) is 0 Å². The van der Waals surface area contributed by atoms with Crippen LogP contribution in [0, 0.1) is 5.41 Å². The van der Waals surface area contributed by atoms with Gasteiger partial charge < -0.3 is 15.2 Å². The topological polar surface area (TPSA) is 122 Å². The fourth-order valence-electron chi connectivity index (χ4n) is 6.56. The van der Waals surface area contributed by atoms with Crippen LogP contribution in [0.1, 0.15) is 65.7 Å². The molecule has 2 heterocycles. The average Bonchev–Trinajstić information content (AvgIpc) is 3.02. The SMILES string of the molecule is COC(=O)C12CCC(N3CCN(C4CCCCN4C(=O)OC(C)(C)C)CC3)CC1(N)C(=O)CC2=O. The Balaban J connectivity index is 1.41. The predicted octanol–water partition coefficient (Wildman–Crippen LogP) is 1.30. The van der Waals surface area contributed by atoms with E-state index in [1.54, 1.807) is 0 Å². The Morgan fingerprint density at radius 1 is 0.971 bits per heavy atom. The van der Waals surface area contributed by atoms with E-state index >= 15 is 0 Å². The molecule has 2 saturated carbocycles. The average molecular weight is 493 g/mol. The maximum atomic E-state index is 12.8. The van der Waals surface area contributed by atoms with Gasteiger partial charge in [-0.1, -0.05) is 0 Å². The second-order valence-electron chi connectivity index (χ2n) is 11.5. The maximum Gasteiger partial charge on any atom is 0.411 e. The van der Waals surface area contributed by atoms with Crippen LogP contribution in [0.2, 0.25) is 0 Å². The molecule has 0 aromatic rings. The summed E-state index contributed by atoms with van der Waals surface area (Å²) >= 11 is 0. The first-order valence-electron chi connectivity index (χ1n) is 12.8. The van der Waals surface area contributed by atoms with Crippen molar-refractivity contribution in [3.63, 3.8) is 0 Å². The summed E-state index contributed by atoms with van der Waals surface area (Å²) in [6, 6.07) is 0.0168. The van der Waals surface area contributed by atoms with E-state index in [0.717, 1.165) is 45.4 Å². The van der Waals surface area contributed by atoms with Gasteiger partial charge in [0.2, 0.25) is 0 Å². The number of carbonyl (C=O) groups is 4. The predicted molar refractivity (Wildman–Crippen MR) is 127 cm³/mol. The molecule has 4 fully saturated rings. The first-order chi connectivity index (χ1) is 16.4. The Hall–Kier alpha value is -2.04. The van der Waals surface area contributed by atoms with Crippen LogP contribution in [0.4, 0.5) is 4.79 Å². The highest BCUT2D eigenvalue weighted by atomic mass is 16.6. The minimum absolute atomic E-state index is 0.0168. The van der Waals surface area contributed by atoms with Crippen molar-refractivity contribution in [3.05, 3.63) is 0 Å². The lowest BCUT2D eigenvalue weighted by atomic mass is 9.61. The van der Waals surface area contributed by atoms with Gasteiger partial charge in [-0.05, 0) is 59.3 Å². The summed E-state index contributed by atoms with van der Waals surface area (Å²) < 4.78 is 10.6. The van der Waals surface area contributed by atoms with Crippen molar-refractivity contribution in [1.82, 2.24) is 14.7 Å². The Morgan fingerprint density at radius 2 is 1.63 bits per heavy atom. The lowest BCUT2D eigenvalue weighted by molar-refractivity contribution is -0.165. The molecule has 0 aromatic heterocycles. The molecule has 0 radical (unpaired) electrons. The summed E-state index contributed by atoms with van der Waals surface area (Å²) in [7, 11) is 1.24. The maximum absolute atomic E-state index is 12.8. The Morgan fingerprint density at radius 3 is 2.26 bits per heavy atom. The van der Waals surface area contributed by atoms with Crippen LogP contribution < -0.4 is 5.73 Å². The number of esters is 1. The van der Waals surface area contributed by atoms with Crippen LogP contribution in [-0.2, 0) is 23.9 Å². The van der Waals surface area contributed by atoms with Crippen LogP contribution >= 0.6 is 0 Å². The number of amides is 1. The van der Waals surface area contributed by atoms with Crippen LogP contribution in [-0.4, -0.2) is 102 Å². The first-order valence-corrected chi connectivity index (χ1v) is 12.8. The monoisotopic (exact) mass is 492 g/mol. The summed E-state index contributed by atoms with van der Waals surface area (Å²) in [4.78, 5) is 57.6. The number of fused-ring (bicyclic) bond motifs is 1. The minimum Gasteiger partial charge on any atom is -0.468 e. The number of ether oxygens (including phenoxy) is 2. The molecule has 2 saturated heterocycles. The molecule has 2 aliphatic carbocycles. The number of piperazine rings is 1. The van der Waals surface area contributed by atoms with Crippen molar-refractivity contribution in [2.75, 3.05) is 39.8 Å². The molecule has 1 amide bonds. The molecular formula is C25H40N4O6. The van der Waals surface area contributed by atoms with Gasteiger partial charge in [0.15, 0.2) is 17.0 Å². The van der Waals surface area contributed by atoms with Gasteiger partial charge in [-0.25, -0.2) is 4.79 Å². The largest absolute Gasteiger partial charge is 0.468 e.